The number of hydrogen-bond donors (Lipinski definition) is 3. The van der Waals surface area contributed by atoms with Crippen molar-refractivity contribution in [3.05, 3.63) is 24.3 Å². The molecule has 0 fully saturated rings. The summed E-state index contributed by atoms with van der Waals surface area (Å²) in [6, 6.07) is 4.97. The van der Waals surface area contributed by atoms with Crippen molar-refractivity contribution in [2.45, 2.75) is 0 Å². The average molecular weight is 265 g/mol. The molecule has 0 aliphatic heterocycles. The summed E-state index contributed by atoms with van der Waals surface area (Å²) in [6.07, 6.45) is 0. The fraction of sp³-hybridized carbons (Fsp3) is 0. The van der Waals surface area contributed by atoms with Gasteiger partial charge >= 0.3 is 68.1 Å². The molecule has 0 atom stereocenters. The van der Waals surface area contributed by atoms with E-state index in [2.05, 4.69) is 0 Å². The van der Waals surface area contributed by atoms with Gasteiger partial charge in [0.15, 0.2) is 0 Å². The Morgan fingerprint density at radius 2 is 1.55 bits per heavy atom. The molecule has 0 radical (unpaired) electrons. The van der Waals surface area contributed by atoms with Crippen LogP contribution in [0.5, 0.6) is 5.75 Å². The Kier molecular flexibility index (Phi) is 2.28. The van der Waals surface area contributed by atoms with E-state index in [-0.39, 0.29) is 9.26 Å². The molecule has 0 amide bonds. The first-order valence-corrected chi connectivity index (χ1v) is 7.45. The van der Waals surface area contributed by atoms with Gasteiger partial charge in [0.1, 0.15) is 0 Å². The van der Waals surface area contributed by atoms with Gasteiger partial charge in [-0.15, -0.1) is 0 Å². The summed E-state index contributed by atoms with van der Waals surface area (Å²) in [7, 11) is 0. The van der Waals surface area contributed by atoms with Gasteiger partial charge in [0, 0.05) is 0 Å². The van der Waals surface area contributed by atoms with E-state index in [0.29, 0.717) is 0 Å². The Bertz CT molecular complexity index is 286. The first-order valence-electron chi connectivity index (χ1n) is 2.85. The molecule has 1 rings (SSSR count). The molecule has 3 N–H and O–H groups in total. The van der Waals surface area contributed by atoms with Gasteiger partial charge in [0.05, 0.1) is 0 Å². The summed E-state index contributed by atoms with van der Waals surface area (Å²) in [6.45, 7) is 0. The van der Waals surface area contributed by atoms with Gasteiger partial charge in [0.2, 0.25) is 0 Å². The fourth-order valence-electron chi connectivity index (χ4n) is 0.647. The van der Waals surface area contributed by atoms with Gasteiger partial charge in [0.25, 0.3) is 0 Å². The second-order valence-electron chi connectivity index (χ2n) is 2.06. The molecular weight excluding hydrogens is 258 g/mol. The summed E-state index contributed by atoms with van der Waals surface area (Å²) in [5.41, 5.74) is 0. The quantitative estimate of drug-likeness (QED) is 0.566. The molecule has 0 saturated carbocycles. The van der Waals surface area contributed by atoms with Crippen LogP contribution in [-0.4, -0.2) is 31.5 Å². The first kappa shape index (κ1) is 8.65. The zero-order valence-electron chi connectivity index (χ0n) is 5.51. The average Bonchev–Trinajstić information content (AvgIpc) is 1.86. The van der Waals surface area contributed by atoms with E-state index in [1.165, 1.54) is 24.3 Å². The van der Waals surface area contributed by atoms with Crippen LogP contribution in [0, 0.1) is 0 Å². The van der Waals surface area contributed by atoms with Crippen molar-refractivity contribution in [3.63, 3.8) is 0 Å². The molecule has 11 heavy (non-hydrogen) atoms. The van der Waals surface area contributed by atoms with Crippen molar-refractivity contribution in [3.8, 4) is 5.75 Å². The predicted octanol–water partition coefficient (Wildman–Crippen LogP) is -1.05. The van der Waals surface area contributed by atoms with Crippen LogP contribution >= 0.6 is 0 Å². The van der Waals surface area contributed by atoms with E-state index < -0.39 is 19.6 Å². The monoisotopic (exact) mass is 264 g/mol. The van der Waals surface area contributed by atoms with Crippen molar-refractivity contribution in [2.75, 3.05) is 0 Å². The number of benzene rings is 1. The van der Waals surface area contributed by atoms with Gasteiger partial charge < -0.3 is 0 Å². The van der Waals surface area contributed by atoms with Gasteiger partial charge in [-0.25, -0.2) is 0 Å². The molecule has 0 heterocycles. The molecule has 0 aliphatic rings. The van der Waals surface area contributed by atoms with Crippen molar-refractivity contribution in [1.82, 2.24) is 0 Å². The van der Waals surface area contributed by atoms with E-state index >= 15 is 0 Å². The third kappa shape index (κ3) is 2.26. The normalized spacial score (nSPS) is 11.5. The van der Waals surface area contributed by atoms with E-state index in [1.807, 2.05) is 0 Å². The Hall–Kier alpha value is -0.442. The maximum absolute atomic E-state index is 10.6. The number of aromatic hydroxyl groups is 1. The zero-order valence-corrected chi connectivity index (χ0v) is 8.06. The number of rotatable bonds is 1. The van der Waals surface area contributed by atoms with Crippen LogP contribution in [0.2, 0.25) is 0 Å². The van der Waals surface area contributed by atoms with Crippen molar-refractivity contribution in [1.29, 1.82) is 0 Å². The van der Waals surface area contributed by atoms with E-state index in [0.717, 1.165) is 0 Å². The zero-order chi connectivity index (χ0) is 8.48. The molecule has 1 aromatic rings. The minimum atomic E-state index is -5.01. The Balaban J connectivity index is 3.09. The maximum atomic E-state index is 10.6. The topological polar surface area (TPSA) is 77.8 Å². The Morgan fingerprint density at radius 3 is 1.91 bits per heavy atom. The van der Waals surface area contributed by atoms with Crippen LogP contribution in [-0.2, 0) is 3.02 Å². The number of hydrogen-bond acceptors (Lipinski definition) is 2. The standard InChI is InChI=1S/C6H5O.2H2O.O.Sb/c7-6-4-2-1-3-5-6;;;;/h2-5,7H;2*1H2;;/q;;;;+2/p-2. The van der Waals surface area contributed by atoms with Gasteiger partial charge in [-0.1, -0.05) is 0 Å². The SMILES string of the molecule is [O]=[Sb]([OH])([OH])[c]1ccc(O)cc1. The van der Waals surface area contributed by atoms with Crippen LogP contribution in [0.25, 0.3) is 0 Å². The second kappa shape index (κ2) is 2.89. The minimum absolute atomic E-state index is 0.00120. The van der Waals surface area contributed by atoms with Gasteiger partial charge in [-0.3, -0.25) is 0 Å². The summed E-state index contributed by atoms with van der Waals surface area (Å²) in [5, 5.41) is 8.78. The fourth-order valence-corrected chi connectivity index (χ4v) is 2.18. The van der Waals surface area contributed by atoms with Crippen LogP contribution in [0.3, 0.4) is 0 Å². The van der Waals surface area contributed by atoms with Crippen LogP contribution in [0.4, 0.5) is 0 Å². The van der Waals surface area contributed by atoms with Crippen molar-refractivity contribution in [2.24, 2.45) is 0 Å². The summed E-state index contributed by atoms with van der Waals surface area (Å²) < 4.78 is 28.0. The first-order chi connectivity index (χ1) is 5.00. The molecule has 0 bridgehead atoms. The van der Waals surface area contributed by atoms with E-state index in [4.69, 9.17) is 11.9 Å². The third-order valence-corrected chi connectivity index (χ3v) is 3.96. The van der Waals surface area contributed by atoms with E-state index in [1.54, 1.807) is 0 Å². The van der Waals surface area contributed by atoms with Crippen molar-refractivity contribution >= 4 is 23.1 Å². The molecule has 1 aromatic carbocycles. The summed E-state index contributed by atoms with van der Waals surface area (Å²) in [4.78, 5) is 0. The molecule has 0 aliphatic carbocycles. The molecule has 60 valence electrons. The second-order valence-corrected chi connectivity index (χ2v) is 6.64. The molecular formula is C6H7O4Sb. The summed E-state index contributed by atoms with van der Waals surface area (Å²) in [5.74, 6) is 0.00237. The third-order valence-electron chi connectivity index (χ3n) is 1.19. The van der Waals surface area contributed by atoms with E-state index in [9.17, 15) is 3.02 Å². The number of phenols is 1. The molecule has 0 unspecified atom stereocenters. The molecule has 4 nitrogen and oxygen atoms in total. The van der Waals surface area contributed by atoms with Crippen molar-refractivity contribution < 1.29 is 14.9 Å². The van der Waals surface area contributed by atoms with Crippen LogP contribution in [0.1, 0.15) is 0 Å². The van der Waals surface area contributed by atoms with Gasteiger partial charge in [-0.05, 0) is 0 Å². The Morgan fingerprint density at radius 1 is 1.09 bits per heavy atom. The van der Waals surface area contributed by atoms with Gasteiger partial charge in [-0.2, -0.15) is 0 Å². The Labute approximate surface area is 68.2 Å². The van der Waals surface area contributed by atoms with Crippen LogP contribution < -0.4 is 3.51 Å². The molecule has 0 saturated heterocycles. The molecule has 0 spiro atoms. The van der Waals surface area contributed by atoms with Crippen LogP contribution in [0.15, 0.2) is 24.3 Å². The molecule has 0 aromatic heterocycles. The summed E-state index contributed by atoms with van der Waals surface area (Å²) >= 11 is -5.01. The number of phenolic OH excluding ortho intramolecular Hbond substituents is 1. The predicted molar refractivity (Wildman–Crippen MR) is 38.6 cm³/mol. The molecule has 5 heteroatoms.